The summed E-state index contributed by atoms with van der Waals surface area (Å²) in [6.07, 6.45) is 0.720. The second kappa shape index (κ2) is 7.21. The lowest BCUT2D eigenvalue weighted by Gasteiger charge is -2.13. The summed E-state index contributed by atoms with van der Waals surface area (Å²) >= 11 is 0. The Morgan fingerprint density at radius 3 is 2.67 bits per heavy atom. The van der Waals surface area contributed by atoms with Crippen molar-refractivity contribution in [2.75, 3.05) is 13.7 Å². The summed E-state index contributed by atoms with van der Waals surface area (Å²) in [6, 6.07) is 0. The van der Waals surface area contributed by atoms with E-state index in [9.17, 15) is 4.79 Å². The van der Waals surface area contributed by atoms with Gasteiger partial charge in [0.2, 0.25) is 0 Å². The minimum absolute atomic E-state index is 0.112. The Hall–Kier alpha value is -0.450. The van der Waals surface area contributed by atoms with Gasteiger partial charge in [0.15, 0.2) is 12.6 Å². The molecule has 4 nitrogen and oxygen atoms in total. The molecule has 0 spiro atoms. The Balaban J connectivity index is 3.44. The van der Waals surface area contributed by atoms with Crippen LogP contribution in [0.5, 0.6) is 0 Å². The third-order valence-corrected chi connectivity index (χ3v) is 1.44. The molecule has 1 N–H and O–H groups in total. The number of ether oxygens (including phenoxy) is 2. The van der Waals surface area contributed by atoms with Gasteiger partial charge in [-0.05, 0) is 6.42 Å². The van der Waals surface area contributed by atoms with Crippen LogP contribution < -0.4 is 0 Å². The number of carbonyl (C=O) groups excluding carboxylic acids is 1. The van der Waals surface area contributed by atoms with Gasteiger partial charge in [0.05, 0.1) is 6.61 Å². The van der Waals surface area contributed by atoms with E-state index < -0.39 is 12.4 Å². The summed E-state index contributed by atoms with van der Waals surface area (Å²) < 4.78 is 9.65. The maximum Gasteiger partial charge on any atom is 0.154 e. The highest BCUT2D eigenvalue weighted by molar-refractivity contribution is 5.56. The van der Waals surface area contributed by atoms with Crippen molar-refractivity contribution in [3.05, 3.63) is 0 Å². The largest absolute Gasteiger partial charge is 0.372 e. The molecule has 2 atom stereocenters. The zero-order chi connectivity index (χ0) is 9.40. The minimum Gasteiger partial charge on any atom is -0.372 e. The number of carbonyl (C=O) groups is 1. The van der Waals surface area contributed by atoms with E-state index in [2.05, 4.69) is 0 Å². The van der Waals surface area contributed by atoms with Crippen LogP contribution in [0.15, 0.2) is 0 Å². The zero-order valence-electron chi connectivity index (χ0n) is 7.53. The summed E-state index contributed by atoms with van der Waals surface area (Å²) in [5.41, 5.74) is 0. The lowest BCUT2D eigenvalue weighted by atomic mass is 10.3. The summed E-state index contributed by atoms with van der Waals surface area (Å²) in [5.74, 6) is 0. The Morgan fingerprint density at radius 2 is 2.25 bits per heavy atom. The van der Waals surface area contributed by atoms with Crippen LogP contribution in [-0.4, -0.2) is 37.5 Å². The topological polar surface area (TPSA) is 55.8 Å². The normalized spacial score (nSPS) is 15.6. The van der Waals surface area contributed by atoms with Gasteiger partial charge in [0, 0.05) is 7.11 Å². The molecule has 0 aromatic rings. The van der Waals surface area contributed by atoms with E-state index in [0.29, 0.717) is 12.7 Å². The van der Waals surface area contributed by atoms with Crippen molar-refractivity contribution >= 4 is 6.29 Å². The minimum atomic E-state index is -0.785. The molecule has 0 fully saturated rings. The molecule has 0 bridgehead atoms. The van der Waals surface area contributed by atoms with Crippen molar-refractivity contribution in [2.24, 2.45) is 0 Å². The average molecular weight is 176 g/mol. The summed E-state index contributed by atoms with van der Waals surface area (Å²) in [5, 5.41) is 9.10. The van der Waals surface area contributed by atoms with Gasteiger partial charge in [0.25, 0.3) is 0 Å². The maximum absolute atomic E-state index is 10.2. The molecule has 0 aliphatic heterocycles. The van der Waals surface area contributed by atoms with Crippen molar-refractivity contribution in [3.8, 4) is 0 Å². The molecule has 0 aliphatic carbocycles. The van der Waals surface area contributed by atoms with Crippen molar-refractivity contribution < 1.29 is 19.4 Å². The highest BCUT2D eigenvalue weighted by Gasteiger charge is 2.08. The fourth-order valence-electron chi connectivity index (χ4n) is 0.699. The van der Waals surface area contributed by atoms with Gasteiger partial charge in [-0.2, -0.15) is 0 Å². The Labute approximate surface area is 72.5 Å². The monoisotopic (exact) mass is 176 g/mol. The number of aldehydes is 1. The first-order chi connectivity index (χ1) is 5.74. The molecular weight excluding hydrogens is 160 g/mol. The molecule has 0 heterocycles. The van der Waals surface area contributed by atoms with Crippen LogP contribution >= 0.6 is 0 Å². The molecule has 0 aliphatic rings. The molecule has 0 saturated carbocycles. The second-order valence-electron chi connectivity index (χ2n) is 2.49. The molecule has 0 amide bonds. The summed E-state index contributed by atoms with van der Waals surface area (Å²) in [6.45, 7) is 2.06. The molecule has 0 aromatic carbocycles. The van der Waals surface area contributed by atoms with Crippen LogP contribution in [-0.2, 0) is 14.3 Å². The van der Waals surface area contributed by atoms with E-state index >= 15 is 0 Å². The summed E-state index contributed by atoms with van der Waals surface area (Å²) in [7, 11) is 1.43. The van der Waals surface area contributed by atoms with Crippen LogP contribution in [0.3, 0.4) is 0 Å². The van der Waals surface area contributed by atoms with E-state index in [4.69, 9.17) is 14.6 Å². The third kappa shape index (κ3) is 5.23. The predicted octanol–water partition coefficient (Wildman–Crippen LogP) is 0.335. The molecular formula is C8H16O4. The fourth-order valence-corrected chi connectivity index (χ4v) is 0.699. The number of hydrogen-bond donors (Lipinski definition) is 1. The van der Waals surface area contributed by atoms with Crippen molar-refractivity contribution in [1.29, 1.82) is 0 Å². The molecule has 2 unspecified atom stereocenters. The zero-order valence-corrected chi connectivity index (χ0v) is 7.53. The Morgan fingerprint density at radius 1 is 1.58 bits per heavy atom. The van der Waals surface area contributed by atoms with E-state index in [-0.39, 0.29) is 6.61 Å². The smallest absolute Gasteiger partial charge is 0.154 e. The number of methoxy groups -OCH3 is 1. The number of aliphatic hydroxyl groups excluding tert-OH is 1. The van der Waals surface area contributed by atoms with Gasteiger partial charge in [-0.1, -0.05) is 13.3 Å². The fraction of sp³-hybridized carbons (Fsp3) is 0.875. The molecule has 4 heteroatoms. The van der Waals surface area contributed by atoms with Crippen LogP contribution in [0.1, 0.15) is 19.8 Å². The Kier molecular flexibility index (Phi) is 6.94. The standard InChI is InChI=1S/C8H16O4/c1-3-4-8(10)12-6-7(5-9)11-2/h5,7-8,10H,3-4,6H2,1-2H3. The molecule has 72 valence electrons. The molecule has 0 rings (SSSR count). The van der Waals surface area contributed by atoms with E-state index in [1.54, 1.807) is 0 Å². The van der Waals surface area contributed by atoms with E-state index in [1.165, 1.54) is 7.11 Å². The lowest BCUT2D eigenvalue weighted by Crippen LogP contribution is -2.24. The van der Waals surface area contributed by atoms with E-state index in [0.717, 1.165) is 6.42 Å². The van der Waals surface area contributed by atoms with Crippen molar-refractivity contribution in [3.63, 3.8) is 0 Å². The SMILES string of the molecule is CCCC(O)OCC(C=O)OC. The van der Waals surface area contributed by atoms with Crippen molar-refractivity contribution in [1.82, 2.24) is 0 Å². The number of hydrogen-bond acceptors (Lipinski definition) is 4. The molecule has 0 radical (unpaired) electrons. The van der Waals surface area contributed by atoms with Crippen molar-refractivity contribution in [2.45, 2.75) is 32.2 Å². The van der Waals surface area contributed by atoms with Crippen LogP contribution in [0.2, 0.25) is 0 Å². The highest BCUT2D eigenvalue weighted by atomic mass is 16.6. The third-order valence-electron chi connectivity index (χ3n) is 1.44. The van der Waals surface area contributed by atoms with Gasteiger partial charge in [-0.3, -0.25) is 0 Å². The van der Waals surface area contributed by atoms with Gasteiger partial charge in [-0.15, -0.1) is 0 Å². The molecule has 0 aromatic heterocycles. The Bertz CT molecular complexity index is 116. The highest BCUT2D eigenvalue weighted by Crippen LogP contribution is 1.99. The first-order valence-corrected chi connectivity index (χ1v) is 4.02. The average Bonchev–Trinajstić information content (AvgIpc) is 2.07. The van der Waals surface area contributed by atoms with Gasteiger partial charge in [-0.25, -0.2) is 0 Å². The molecule has 0 saturated heterocycles. The second-order valence-corrected chi connectivity index (χ2v) is 2.49. The van der Waals surface area contributed by atoms with Crippen LogP contribution in [0.25, 0.3) is 0 Å². The molecule has 12 heavy (non-hydrogen) atoms. The van der Waals surface area contributed by atoms with Gasteiger partial charge in [0.1, 0.15) is 6.10 Å². The van der Waals surface area contributed by atoms with Gasteiger partial charge >= 0.3 is 0 Å². The number of rotatable bonds is 7. The summed E-state index contributed by atoms with van der Waals surface area (Å²) in [4.78, 5) is 10.2. The quantitative estimate of drug-likeness (QED) is 0.449. The lowest BCUT2D eigenvalue weighted by molar-refractivity contribution is -0.140. The predicted molar refractivity (Wildman–Crippen MR) is 43.7 cm³/mol. The van der Waals surface area contributed by atoms with Gasteiger partial charge < -0.3 is 19.4 Å². The van der Waals surface area contributed by atoms with Crippen LogP contribution in [0, 0.1) is 0 Å². The first-order valence-electron chi connectivity index (χ1n) is 4.02. The maximum atomic E-state index is 10.2. The first kappa shape index (κ1) is 11.6. The van der Waals surface area contributed by atoms with E-state index in [1.807, 2.05) is 6.92 Å². The number of aliphatic hydroxyl groups is 1. The van der Waals surface area contributed by atoms with Crippen LogP contribution in [0.4, 0.5) is 0 Å².